The van der Waals surface area contributed by atoms with E-state index in [1.54, 1.807) is 60.7 Å². The standard InChI is InChI=1S/C24H26IO9P/c1-15(26)30-14-20-22(31-16(2)27)23(32-17(3)28)21(25)24(33-20)34-35(29,18-10-6-4-7-11-18)19-12-8-5-9-13-19/h4-13,20-24H,14H2,1-3H3/t20-,21-,22-,23-,24+/m1/s1. The van der Waals surface area contributed by atoms with Gasteiger partial charge in [0, 0.05) is 31.4 Å². The van der Waals surface area contributed by atoms with Gasteiger partial charge in [0.05, 0.1) is 0 Å². The zero-order valence-electron chi connectivity index (χ0n) is 19.4. The molecule has 0 radical (unpaired) electrons. The van der Waals surface area contributed by atoms with E-state index in [2.05, 4.69) is 0 Å². The molecule has 0 N–H and O–H groups in total. The van der Waals surface area contributed by atoms with Gasteiger partial charge in [-0.15, -0.1) is 0 Å². The summed E-state index contributed by atoms with van der Waals surface area (Å²) in [6, 6.07) is 17.4. The number of carbonyl (C=O) groups excluding carboxylic acids is 3. The Bertz CT molecular complexity index is 1040. The average molecular weight is 616 g/mol. The first-order valence-electron chi connectivity index (χ1n) is 10.8. The molecule has 0 saturated carbocycles. The summed E-state index contributed by atoms with van der Waals surface area (Å²) in [5.74, 6) is -1.83. The van der Waals surface area contributed by atoms with Gasteiger partial charge in [0.2, 0.25) is 0 Å². The van der Waals surface area contributed by atoms with Crippen LogP contribution in [-0.2, 0) is 42.4 Å². The van der Waals surface area contributed by atoms with Gasteiger partial charge in [0.15, 0.2) is 18.5 Å². The fourth-order valence-electron chi connectivity index (χ4n) is 3.61. The molecule has 188 valence electrons. The minimum Gasteiger partial charge on any atom is -0.463 e. The number of esters is 3. The van der Waals surface area contributed by atoms with E-state index in [1.807, 2.05) is 22.6 Å². The Morgan fingerprint density at radius 3 is 1.77 bits per heavy atom. The highest BCUT2D eigenvalue weighted by Crippen LogP contribution is 2.49. The van der Waals surface area contributed by atoms with Crippen molar-refractivity contribution in [3.05, 3.63) is 60.7 Å². The number of rotatable bonds is 8. The van der Waals surface area contributed by atoms with E-state index < -0.39 is 53.8 Å². The van der Waals surface area contributed by atoms with Crippen LogP contribution in [0.15, 0.2) is 60.7 Å². The van der Waals surface area contributed by atoms with Gasteiger partial charge in [0.1, 0.15) is 16.6 Å². The van der Waals surface area contributed by atoms with Crippen LogP contribution in [0.5, 0.6) is 0 Å². The second-order valence-electron chi connectivity index (χ2n) is 7.77. The number of alkyl halides is 1. The SMILES string of the molecule is CC(=O)OC[C@H]1O[C@@H](OP(=O)(c2ccccc2)c2ccccc2)[C@H](I)[C@@H](OC(C)=O)[C@@H]1OC(C)=O. The largest absolute Gasteiger partial charge is 0.463 e. The maximum Gasteiger partial charge on any atom is 0.303 e. The van der Waals surface area contributed by atoms with Crippen LogP contribution in [-0.4, -0.2) is 53.0 Å². The Morgan fingerprint density at radius 1 is 0.829 bits per heavy atom. The fourth-order valence-corrected chi connectivity index (χ4v) is 6.86. The van der Waals surface area contributed by atoms with Crippen molar-refractivity contribution in [3.8, 4) is 0 Å². The lowest BCUT2D eigenvalue weighted by atomic mass is 10.0. The molecule has 0 aliphatic carbocycles. The molecule has 1 saturated heterocycles. The Labute approximate surface area is 217 Å². The molecule has 1 aliphatic heterocycles. The molecule has 0 aromatic heterocycles. The number of benzene rings is 2. The second-order valence-corrected chi connectivity index (χ2v) is 11.6. The number of ether oxygens (including phenoxy) is 4. The van der Waals surface area contributed by atoms with E-state index in [4.69, 9.17) is 23.5 Å². The van der Waals surface area contributed by atoms with E-state index in [0.717, 1.165) is 0 Å². The predicted molar refractivity (Wildman–Crippen MR) is 135 cm³/mol. The van der Waals surface area contributed by atoms with Gasteiger partial charge >= 0.3 is 17.9 Å². The third kappa shape index (κ3) is 6.91. The van der Waals surface area contributed by atoms with Crippen molar-refractivity contribution in [3.63, 3.8) is 0 Å². The van der Waals surface area contributed by atoms with Crippen LogP contribution in [0.4, 0.5) is 0 Å². The highest BCUT2D eigenvalue weighted by Gasteiger charge is 2.51. The second kappa shape index (κ2) is 12.1. The quantitative estimate of drug-likeness (QED) is 0.145. The van der Waals surface area contributed by atoms with Crippen LogP contribution in [0.3, 0.4) is 0 Å². The molecule has 3 rings (SSSR count). The smallest absolute Gasteiger partial charge is 0.303 e. The molecule has 9 nitrogen and oxygen atoms in total. The molecule has 0 bridgehead atoms. The molecule has 0 spiro atoms. The number of halogens is 1. The van der Waals surface area contributed by atoms with E-state index in [9.17, 15) is 18.9 Å². The lowest BCUT2D eigenvalue weighted by molar-refractivity contribution is -0.239. The lowest BCUT2D eigenvalue weighted by Gasteiger charge is -2.43. The molecular formula is C24H26IO9P. The van der Waals surface area contributed by atoms with Gasteiger partial charge in [-0.2, -0.15) is 0 Å². The normalized spacial score (nSPS) is 24.3. The topological polar surface area (TPSA) is 114 Å². The monoisotopic (exact) mass is 616 g/mol. The maximum absolute atomic E-state index is 14.4. The van der Waals surface area contributed by atoms with Gasteiger partial charge in [-0.3, -0.25) is 23.5 Å². The summed E-state index contributed by atoms with van der Waals surface area (Å²) in [7, 11) is -3.69. The van der Waals surface area contributed by atoms with Crippen molar-refractivity contribution in [2.45, 2.75) is 49.3 Å². The van der Waals surface area contributed by atoms with Crippen LogP contribution < -0.4 is 10.6 Å². The third-order valence-corrected chi connectivity index (χ3v) is 8.83. The van der Waals surface area contributed by atoms with Gasteiger partial charge < -0.3 is 18.9 Å². The summed E-state index contributed by atoms with van der Waals surface area (Å²) in [5.41, 5.74) is 0. The van der Waals surface area contributed by atoms with Crippen molar-refractivity contribution in [2.24, 2.45) is 0 Å². The molecule has 0 amide bonds. The van der Waals surface area contributed by atoms with Crippen LogP contribution in [0, 0.1) is 0 Å². The Balaban J connectivity index is 2.02. The Hall–Kier alpha value is -2.27. The highest BCUT2D eigenvalue weighted by molar-refractivity contribution is 14.1. The summed E-state index contributed by atoms with van der Waals surface area (Å²) in [6.45, 7) is 3.35. The third-order valence-electron chi connectivity index (χ3n) is 5.07. The van der Waals surface area contributed by atoms with Crippen molar-refractivity contribution in [1.82, 2.24) is 0 Å². The zero-order valence-corrected chi connectivity index (χ0v) is 22.4. The summed E-state index contributed by atoms with van der Waals surface area (Å²) >= 11 is 1.96. The van der Waals surface area contributed by atoms with Crippen molar-refractivity contribution >= 4 is 58.5 Å². The molecule has 1 aliphatic rings. The van der Waals surface area contributed by atoms with Crippen LogP contribution >= 0.6 is 30.0 Å². The molecule has 5 atom stereocenters. The number of hydrogen-bond acceptors (Lipinski definition) is 9. The lowest BCUT2D eigenvalue weighted by Crippen LogP contribution is -2.60. The minimum atomic E-state index is -3.69. The van der Waals surface area contributed by atoms with Crippen molar-refractivity contribution in [1.29, 1.82) is 0 Å². The molecule has 0 unspecified atom stereocenters. The molecule has 2 aromatic rings. The molecule has 1 heterocycles. The first-order chi connectivity index (χ1) is 16.6. The van der Waals surface area contributed by atoms with Crippen LogP contribution in [0.1, 0.15) is 20.8 Å². The fraction of sp³-hybridized carbons (Fsp3) is 0.375. The maximum atomic E-state index is 14.4. The minimum absolute atomic E-state index is 0.296. The van der Waals surface area contributed by atoms with Gasteiger partial charge in [-0.1, -0.05) is 59.0 Å². The van der Waals surface area contributed by atoms with Gasteiger partial charge in [-0.25, -0.2) is 0 Å². The van der Waals surface area contributed by atoms with E-state index in [-0.39, 0.29) is 6.61 Å². The predicted octanol–water partition coefficient (Wildman–Crippen LogP) is 2.89. The number of hydrogen-bond donors (Lipinski definition) is 0. The summed E-state index contributed by atoms with van der Waals surface area (Å²) in [6.07, 6.45) is -4.30. The summed E-state index contributed by atoms with van der Waals surface area (Å²) < 4.78 is 42.0. The van der Waals surface area contributed by atoms with Gasteiger partial charge in [-0.05, 0) is 24.3 Å². The Morgan fingerprint density at radius 2 is 1.31 bits per heavy atom. The summed E-state index contributed by atoms with van der Waals surface area (Å²) in [4.78, 5) is 35.2. The van der Waals surface area contributed by atoms with E-state index in [1.165, 1.54) is 20.8 Å². The first kappa shape index (κ1) is 27.3. The number of carbonyl (C=O) groups is 3. The summed E-state index contributed by atoms with van der Waals surface area (Å²) in [5, 5.41) is 0.891. The van der Waals surface area contributed by atoms with Crippen LogP contribution in [0.25, 0.3) is 0 Å². The molecule has 35 heavy (non-hydrogen) atoms. The van der Waals surface area contributed by atoms with E-state index in [0.29, 0.717) is 10.6 Å². The van der Waals surface area contributed by atoms with Crippen molar-refractivity contribution < 1.29 is 42.4 Å². The first-order valence-corrected chi connectivity index (χ1v) is 13.7. The van der Waals surface area contributed by atoms with Gasteiger partial charge in [0.25, 0.3) is 7.37 Å². The molecule has 2 aromatic carbocycles. The average Bonchev–Trinajstić information content (AvgIpc) is 2.82. The van der Waals surface area contributed by atoms with E-state index >= 15 is 0 Å². The highest BCUT2D eigenvalue weighted by atomic mass is 127. The van der Waals surface area contributed by atoms with Crippen molar-refractivity contribution in [2.75, 3.05) is 6.61 Å². The Kier molecular flexibility index (Phi) is 9.46. The zero-order chi connectivity index (χ0) is 25.6. The van der Waals surface area contributed by atoms with Crippen LogP contribution in [0.2, 0.25) is 0 Å². The molecule has 11 heteroatoms. The molecule has 1 fully saturated rings. The molecular weight excluding hydrogens is 590 g/mol.